The fourth-order valence-electron chi connectivity index (χ4n) is 3.56. The molecule has 3 aromatic rings. The van der Waals surface area contributed by atoms with Crippen molar-refractivity contribution in [1.29, 1.82) is 0 Å². The van der Waals surface area contributed by atoms with Crippen LogP contribution < -0.4 is 20.1 Å². The second-order valence-corrected chi connectivity index (χ2v) is 9.10. The van der Waals surface area contributed by atoms with E-state index in [1.54, 1.807) is 36.4 Å². The molecule has 1 aliphatic rings. The lowest BCUT2D eigenvalue weighted by Gasteiger charge is -2.14. The number of nitrogens with zero attached hydrogens (tertiary/aromatic N) is 1. The summed E-state index contributed by atoms with van der Waals surface area (Å²) in [4.78, 5) is 38.5. The van der Waals surface area contributed by atoms with Gasteiger partial charge in [-0.2, -0.15) is 0 Å². The normalized spacial score (nSPS) is 14.1. The predicted molar refractivity (Wildman–Crippen MR) is 139 cm³/mol. The minimum absolute atomic E-state index is 0.0158. The van der Waals surface area contributed by atoms with Gasteiger partial charge in [-0.3, -0.25) is 9.59 Å². The van der Waals surface area contributed by atoms with Crippen LogP contribution in [0, 0.1) is 12.7 Å². The minimum atomic E-state index is -0.694. The quantitative estimate of drug-likeness (QED) is 0.294. The van der Waals surface area contributed by atoms with Crippen LogP contribution in [0.25, 0.3) is 6.08 Å². The monoisotopic (exact) mass is 567 g/mol. The molecule has 0 radical (unpaired) electrons. The lowest BCUT2D eigenvalue weighted by atomic mass is 10.1. The highest BCUT2D eigenvalue weighted by Gasteiger charge is 2.35. The van der Waals surface area contributed by atoms with Crippen LogP contribution >= 0.6 is 15.9 Å². The number of carbonyl (C=O) groups excluding carboxylic acids is 3. The van der Waals surface area contributed by atoms with Gasteiger partial charge in [0.15, 0.2) is 11.5 Å². The molecular weight excluding hydrogens is 545 g/mol. The fraction of sp³-hybridized carbons (Fsp3) is 0.148. The fourth-order valence-corrected chi connectivity index (χ4v) is 4.14. The van der Waals surface area contributed by atoms with Crippen LogP contribution in [0.4, 0.5) is 14.9 Å². The molecule has 1 fully saturated rings. The summed E-state index contributed by atoms with van der Waals surface area (Å²) in [5.41, 5.74) is 2.94. The number of rotatable bonds is 8. The summed E-state index contributed by atoms with van der Waals surface area (Å²) in [6.45, 7) is 1.68. The third kappa shape index (κ3) is 6.34. The van der Waals surface area contributed by atoms with Crippen molar-refractivity contribution < 1.29 is 28.2 Å². The zero-order valence-corrected chi connectivity index (χ0v) is 21.6. The van der Waals surface area contributed by atoms with Crippen molar-refractivity contribution in [3.63, 3.8) is 0 Å². The van der Waals surface area contributed by atoms with E-state index in [0.29, 0.717) is 27.2 Å². The van der Waals surface area contributed by atoms with Crippen LogP contribution in [0.2, 0.25) is 0 Å². The Labute approximate surface area is 221 Å². The highest BCUT2D eigenvalue weighted by atomic mass is 79.9. The molecule has 8 nitrogen and oxygen atoms in total. The first-order valence-corrected chi connectivity index (χ1v) is 12.0. The van der Waals surface area contributed by atoms with Gasteiger partial charge in [0.05, 0.1) is 11.6 Å². The van der Waals surface area contributed by atoms with Gasteiger partial charge in [-0.05, 0) is 76.5 Å². The predicted octanol–water partition coefficient (Wildman–Crippen LogP) is 5.02. The highest BCUT2D eigenvalue weighted by Crippen LogP contribution is 2.38. The van der Waals surface area contributed by atoms with E-state index in [1.165, 1.54) is 25.3 Å². The van der Waals surface area contributed by atoms with Gasteiger partial charge in [-0.25, -0.2) is 14.1 Å². The summed E-state index contributed by atoms with van der Waals surface area (Å²) in [6, 6.07) is 15.7. The molecule has 1 saturated heterocycles. The summed E-state index contributed by atoms with van der Waals surface area (Å²) >= 11 is 3.45. The molecule has 3 aromatic carbocycles. The zero-order valence-electron chi connectivity index (χ0n) is 20.0. The summed E-state index contributed by atoms with van der Waals surface area (Å²) in [5, 5.41) is 5.17. The van der Waals surface area contributed by atoms with E-state index in [4.69, 9.17) is 9.47 Å². The molecule has 4 rings (SSSR count). The number of nitrogens with one attached hydrogen (secondary N) is 2. The van der Waals surface area contributed by atoms with E-state index >= 15 is 0 Å². The number of hydrogen-bond donors (Lipinski definition) is 2. The second-order valence-electron chi connectivity index (χ2n) is 8.24. The molecule has 4 amide bonds. The van der Waals surface area contributed by atoms with Crippen molar-refractivity contribution in [2.45, 2.75) is 13.5 Å². The molecule has 0 atom stereocenters. The molecule has 0 unspecified atom stereocenters. The van der Waals surface area contributed by atoms with Gasteiger partial charge in [-0.15, -0.1) is 0 Å². The lowest BCUT2D eigenvalue weighted by Crippen LogP contribution is -2.38. The van der Waals surface area contributed by atoms with Crippen molar-refractivity contribution in [2.75, 3.05) is 19.0 Å². The average Bonchev–Trinajstić information content (AvgIpc) is 3.12. The molecule has 10 heteroatoms. The van der Waals surface area contributed by atoms with E-state index in [9.17, 15) is 18.8 Å². The number of carbonyl (C=O) groups is 3. The Kier molecular flexibility index (Phi) is 7.88. The third-order valence-electron chi connectivity index (χ3n) is 5.46. The molecule has 2 N–H and O–H groups in total. The van der Waals surface area contributed by atoms with Crippen LogP contribution in [-0.4, -0.2) is 36.4 Å². The van der Waals surface area contributed by atoms with Crippen LogP contribution in [0.5, 0.6) is 11.5 Å². The standard InChI is InChI=1S/C27H23BrFN3O5/c1-16-3-9-20(10-4-16)30-24(33)14-32-26(34)22(31-27(32)35)12-18-11-21(28)25(23(13-18)36-2)37-15-17-5-7-19(29)8-6-17/h3-13H,14-15H2,1-2H3,(H,30,33)(H,31,35)/b22-12+. The van der Waals surface area contributed by atoms with Crippen molar-refractivity contribution in [2.24, 2.45) is 0 Å². The van der Waals surface area contributed by atoms with Crippen molar-refractivity contribution >= 4 is 45.5 Å². The van der Waals surface area contributed by atoms with Gasteiger partial charge in [0, 0.05) is 5.69 Å². The molecule has 37 heavy (non-hydrogen) atoms. The molecule has 0 saturated carbocycles. The summed E-state index contributed by atoms with van der Waals surface area (Å²) in [7, 11) is 1.47. The molecule has 0 spiro atoms. The van der Waals surface area contributed by atoms with Gasteiger partial charge >= 0.3 is 6.03 Å². The van der Waals surface area contributed by atoms with Gasteiger partial charge in [0.1, 0.15) is 24.7 Å². The van der Waals surface area contributed by atoms with Gasteiger partial charge in [0.2, 0.25) is 5.91 Å². The Balaban J connectivity index is 1.46. The average molecular weight is 568 g/mol. The highest BCUT2D eigenvalue weighted by molar-refractivity contribution is 9.10. The Hall–Kier alpha value is -4.18. The molecule has 1 heterocycles. The Morgan fingerprint density at radius 2 is 1.81 bits per heavy atom. The van der Waals surface area contributed by atoms with E-state index in [2.05, 4.69) is 26.6 Å². The van der Waals surface area contributed by atoms with E-state index < -0.39 is 24.4 Å². The van der Waals surface area contributed by atoms with Crippen LogP contribution in [0.3, 0.4) is 0 Å². The summed E-state index contributed by atoms with van der Waals surface area (Å²) in [5.74, 6) is -0.657. The van der Waals surface area contributed by atoms with E-state index in [0.717, 1.165) is 16.0 Å². The SMILES string of the molecule is COc1cc(/C=C2/NC(=O)N(CC(=O)Nc3ccc(C)cc3)C2=O)cc(Br)c1OCc1ccc(F)cc1. The van der Waals surface area contributed by atoms with Crippen LogP contribution in [0.15, 0.2) is 70.8 Å². The van der Waals surface area contributed by atoms with Crippen molar-refractivity contribution in [3.05, 3.63) is 93.3 Å². The maximum absolute atomic E-state index is 13.1. The number of halogens is 2. The van der Waals surface area contributed by atoms with Crippen molar-refractivity contribution in [3.8, 4) is 11.5 Å². The number of imide groups is 1. The maximum atomic E-state index is 13.1. The van der Waals surface area contributed by atoms with Gasteiger partial charge in [-0.1, -0.05) is 29.8 Å². The van der Waals surface area contributed by atoms with E-state index in [1.807, 2.05) is 19.1 Å². The summed E-state index contributed by atoms with van der Waals surface area (Å²) in [6.07, 6.45) is 1.48. The molecule has 0 aromatic heterocycles. The molecule has 1 aliphatic heterocycles. The van der Waals surface area contributed by atoms with Gasteiger partial charge in [0.25, 0.3) is 5.91 Å². The molecular formula is C27H23BrFN3O5. The zero-order chi connectivity index (χ0) is 26.5. The summed E-state index contributed by atoms with van der Waals surface area (Å²) < 4.78 is 25.0. The topological polar surface area (TPSA) is 97.0 Å². The number of hydrogen-bond acceptors (Lipinski definition) is 5. The number of amides is 4. The Bertz CT molecular complexity index is 1370. The third-order valence-corrected chi connectivity index (χ3v) is 6.05. The molecule has 0 bridgehead atoms. The second kappa shape index (κ2) is 11.3. The smallest absolute Gasteiger partial charge is 0.329 e. The first kappa shape index (κ1) is 25.9. The molecule has 0 aliphatic carbocycles. The first-order valence-electron chi connectivity index (χ1n) is 11.2. The number of urea groups is 1. The first-order chi connectivity index (χ1) is 17.7. The number of methoxy groups -OCH3 is 1. The minimum Gasteiger partial charge on any atom is -0.493 e. The Morgan fingerprint density at radius 3 is 2.49 bits per heavy atom. The number of anilines is 1. The van der Waals surface area contributed by atoms with Crippen LogP contribution in [0.1, 0.15) is 16.7 Å². The number of aryl methyl sites for hydroxylation is 1. The van der Waals surface area contributed by atoms with Crippen molar-refractivity contribution in [1.82, 2.24) is 10.2 Å². The number of benzene rings is 3. The van der Waals surface area contributed by atoms with Gasteiger partial charge < -0.3 is 20.1 Å². The maximum Gasteiger partial charge on any atom is 0.329 e. The lowest BCUT2D eigenvalue weighted by molar-refractivity contribution is -0.127. The van der Waals surface area contributed by atoms with Crippen LogP contribution in [-0.2, 0) is 16.2 Å². The largest absolute Gasteiger partial charge is 0.493 e. The number of ether oxygens (including phenoxy) is 2. The molecule has 190 valence electrons. The Morgan fingerprint density at radius 1 is 1.11 bits per heavy atom. The van der Waals surface area contributed by atoms with E-state index in [-0.39, 0.29) is 18.1 Å².